The molecule has 2 saturated carbocycles. The average Bonchev–Trinajstić information content (AvgIpc) is 3.15. The number of amides is 2. The van der Waals surface area contributed by atoms with E-state index in [1.165, 1.54) is 0 Å². The summed E-state index contributed by atoms with van der Waals surface area (Å²) in [5.74, 6) is -0.350. The van der Waals surface area contributed by atoms with Crippen molar-refractivity contribution in [2.45, 2.75) is 84.7 Å². The van der Waals surface area contributed by atoms with E-state index in [4.69, 9.17) is 13.1 Å². The maximum Gasteiger partial charge on any atom is 0.409 e. The third-order valence-corrected chi connectivity index (χ3v) is 10.3. The summed E-state index contributed by atoms with van der Waals surface area (Å²) in [7, 11) is -8.53. The molecule has 3 aliphatic rings. The molecule has 0 saturated heterocycles. The van der Waals surface area contributed by atoms with Gasteiger partial charge >= 0.3 is 20.6 Å². The fraction of sp³-hybridized carbons (Fsp3) is 0.680. The first-order valence-corrected chi connectivity index (χ1v) is 15.9. The van der Waals surface area contributed by atoms with Gasteiger partial charge in [-0.1, -0.05) is 6.92 Å². The van der Waals surface area contributed by atoms with Crippen LogP contribution in [0, 0.1) is 17.3 Å². The molecule has 5 atom stereocenters. The Balaban J connectivity index is 1.62. The Bertz CT molecular complexity index is 1310. The van der Waals surface area contributed by atoms with Crippen molar-refractivity contribution in [2.75, 3.05) is 6.61 Å². The Kier molecular flexibility index (Phi) is 8.02. The molecule has 2 fully saturated rings. The summed E-state index contributed by atoms with van der Waals surface area (Å²) in [6.07, 6.45) is 4.86. The summed E-state index contributed by atoms with van der Waals surface area (Å²) in [5, 5.41) is 0. The smallest absolute Gasteiger partial charge is 0.409 e. The maximum absolute atomic E-state index is 12.4. The lowest BCUT2D eigenvalue weighted by Gasteiger charge is -2.51. The Morgan fingerprint density at radius 1 is 0.947 bits per heavy atom. The molecule has 11 nitrogen and oxygen atoms in total. The molecular weight excluding hydrogens is 536 g/mol. The molecule has 13 heteroatoms. The van der Waals surface area contributed by atoms with E-state index >= 15 is 0 Å². The Morgan fingerprint density at radius 2 is 1.63 bits per heavy atom. The Labute approximate surface area is 224 Å². The number of aryl methyl sites for hydroxylation is 1. The summed E-state index contributed by atoms with van der Waals surface area (Å²) < 4.78 is 69.6. The molecule has 3 unspecified atom stereocenters. The van der Waals surface area contributed by atoms with Crippen molar-refractivity contribution in [3.63, 3.8) is 0 Å². The van der Waals surface area contributed by atoms with E-state index in [9.17, 15) is 26.4 Å². The molecule has 38 heavy (non-hydrogen) atoms. The molecule has 0 aliphatic heterocycles. The lowest BCUT2D eigenvalue weighted by Crippen LogP contribution is -2.47. The molecule has 0 aromatic heterocycles. The summed E-state index contributed by atoms with van der Waals surface area (Å²) in [4.78, 5) is 22.6. The van der Waals surface area contributed by atoms with Gasteiger partial charge in [0, 0.05) is 19.3 Å². The van der Waals surface area contributed by atoms with Gasteiger partial charge in [-0.05, 0) is 92.9 Å². The third-order valence-electron chi connectivity index (χ3n) is 8.36. The molecule has 4 rings (SSSR count). The summed E-state index contributed by atoms with van der Waals surface area (Å²) >= 11 is 0. The van der Waals surface area contributed by atoms with Gasteiger partial charge in [0.05, 0.1) is 12.7 Å². The predicted molar refractivity (Wildman–Crippen MR) is 138 cm³/mol. The molecular formula is C25H36N2O9S2. The maximum atomic E-state index is 12.4. The highest BCUT2D eigenvalue weighted by atomic mass is 32.2. The van der Waals surface area contributed by atoms with Crippen LogP contribution < -0.4 is 18.4 Å². The number of carbonyl (C=O) groups is 2. The van der Waals surface area contributed by atoms with Crippen LogP contribution in [-0.4, -0.2) is 41.4 Å². The monoisotopic (exact) mass is 572 g/mol. The summed E-state index contributed by atoms with van der Waals surface area (Å²) in [6.45, 7) is 6.39. The van der Waals surface area contributed by atoms with Crippen molar-refractivity contribution in [3.8, 4) is 11.5 Å². The molecule has 0 bridgehead atoms. The molecule has 0 heterocycles. The molecule has 1 aromatic carbocycles. The van der Waals surface area contributed by atoms with Gasteiger partial charge in [0.2, 0.25) is 11.8 Å². The van der Waals surface area contributed by atoms with Gasteiger partial charge in [0.15, 0.2) is 11.5 Å². The van der Waals surface area contributed by atoms with Gasteiger partial charge in [-0.25, -0.2) is 13.6 Å². The minimum Gasteiger partial charge on any atom is -0.490 e. The lowest BCUT2D eigenvalue weighted by atomic mass is 9.54. The van der Waals surface area contributed by atoms with Crippen molar-refractivity contribution >= 4 is 32.4 Å². The Hall–Kier alpha value is -2.38. The molecule has 1 aromatic rings. The minimum absolute atomic E-state index is 0.0361. The van der Waals surface area contributed by atoms with Gasteiger partial charge in [-0.15, -0.1) is 0 Å². The molecule has 2 N–H and O–H groups in total. The number of ether oxygens (including phenoxy) is 1. The zero-order valence-corrected chi connectivity index (χ0v) is 23.7. The number of benzene rings is 1. The Morgan fingerprint density at radius 3 is 2.26 bits per heavy atom. The molecule has 0 radical (unpaired) electrons. The second-order valence-corrected chi connectivity index (χ2v) is 13.0. The van der Waals surface area contributed by atoms with Gasteiger partial charge < -0.3 is 8.92 Å². The number of carbonyl (C=O) groups excluding carboxylic acids is 2. The molecule has 212 valence electrons. The zero-order chi connectivity index (χ0) is 27.9. The van der Waals surface area contributed by atoms with Gasteiger partial charge in [0.1, 0.15) is 0 Å². The number of hydrogen-bond donors (Lipinski definition) is 2. The predicted octanol–water partition coefficient (Wildman–Crippen LogP) is 2.86. The highest BCUT2D eigenvalue weighted by Crippen LogP contribution is 2.63. The second-order valence-electron chi connectivity index (χ2n) is 10.4. The van der Waals surface area contributed by atoms with Crippen LogP contribution in [0.25, 0.3) is 0 Å². The van der Waals surface area contributed by atoms with Gasteiger partial charge in [-0.3, -0.25) is 9.59 Å². The van der Waals surface area contributed by atoms with Crippen molar-refractivity contribution in [1.82, 2.24) is 9.44 Å². The second kappa shape index (κ2) is 10.6. The van der Waals surface area contributed by atoms with E-state index in [1.807, 2.05) is 10.8 Å². The van der Waals surface area contributed by atoms with Gasteiger partial charge in [-0.2, -0.15) is 16.8 Å². The van der Waals surface area contributed by atoms with Crippen molar-refractivity contribution in [2.24, 2.45) is 17.3 Å². The van der Waals surface area contributed by atoms with Crippen LogP contribution >= 0.6 is 0 Å². The van der Waals surface area contributed by atoms with E-state index in [0.29, 0.717) is 31.1 Å². The molecule has 2 amide bonds. The lowest BCUT2D eigenvalue weighted by molar-refractivity contribution is -0.118. The summed E-state index contributed by atoms with van der Waals surface area (Å²) in [5.41, 5.74) is 1.77. The van der Waals surface area contributed by atoms with Crippen molar-refractivity contribution in [3.05, 3.63) is 23.3 Å². The van der Waals surface area contributed by atoms with Gasteiger partial charge in [0.25, 0.3) is 0 Å². The number of fused-ring (bicyclic) bond motifs is 5. The highest BCUT2D eigenvalue weighted by Gasteiger charge is 2.58. The number of hydrogen-bond acceptors (Lipinski definition) is 9. The standard InChI is InChI=1S/C25H36N2O9S2/c1-5-25-12-11-18-19(21(25)9-10-24(25)36-38(32,33)27-16(4)29)8-7-17-13-23(22(34-6-2)14-20(17)18)35-37(30,31)26-15(3)28/h13-14,18-19,21,24H,5-12H2,1-4H3,(H,26,28)(H,27,29)/t18?,19?,21?,24-,25-/m0/s1. The fourth-order valence-electron chi connectivity index (χ4n) is 7.15. The number of rotatable bonds is 9. The normalized spacial score (nSPS) is 28.4. The van der Waals surface area contributed by atoms with Crippen LogP contribution in [0.3, 0.4) is 0 Å². The summed E-state index contributed by atoms with van der Waals surface area (Å²) in [6, 6.07) is 3.55. The highest BCUT2D eigenvalue weighted by molar-refractivity contribution is 7.85. The van der Waals surface area contributed by atoms with E-state index in [-0.39, 0.29) is 23.0 Å². The average molecular weight is 573 g/mol. The molecule has 0 spiro atoms. The zero-order valence-electron chi connectivity index (χ0n) is 22.1. The third kappa shape index (κ3) is 5.64. The van der Waals surface area contributed by atoms with Crippen LogP contribution in [0.2, 0.25) is 0 Å². The van der Waals surface area contributed by atoms with E-state index in [0.717, 1.165) is 57.1 Å². The van der Waals surface area contributed by atoms with Crippen molar-refractivity contribution < 1.29 is 39.5 Å². The van der Waals surface area contributed by atoms with Crippen LogP contribution in [0.5, 0.6) is 11.5 Å². The van der Waals surface area contributed by atoms with E-state index in [1.54, 1.807) is 17.7 Å². The first-order valence-electron chi connectivity index (χ1n) is 13.0. The first kappa shape index (κ1) is 28.6. The number of nitrogens with one attached hydrogen (secondary N) is 2. The minimum atomic E-state index is -4.35. The van der Waals surface area contributed by atoms with Crippen LogP contribution in [0.1, 0.15) is 83.3 Å². The van der Waals surface area contributed by atoms with Crippen molar-refractivity contribution in [1.29, 1.82) is 0 Å². The first-order chi connectivity index (χ1) is 17.8. The van der Waals surface area contributed by atoms with Crippen LogP contribution in [0.4, 0.5) is 0 Å². The van der Waals surface area contributed by atoms with E-state index < -0.39 is 38.5 Å². The van der Waals surface area contributed by atoms with Crippen LogP contribution in [0.15, 0.2) is 12.1 Å². The topological polar surface area (TPSA) is 154 Å². The SMILES string of the molecule is CCOc1cc2c(cc1OS(=O)(=O)NC(C)=O)CCC1C2CC[C@@]2(CC)C1CC[C@@H]2OS(=O)(=O)NC(C)=O. The fourth-order valence-corrected chi connectivity index (χ4v) is 8.91. The quantitative estimate of drug-likeness (QED) is 0.454. The largest absolute Gasteiger partial charge is 0.490 e. The molecule has 3 aliphatic carbocycles. The van der Waals surface area contributed by atoms with E-state index in [2.05, 4.69) is 6.92 Å². The van der Waals surface area contributed by atoms with Crippen LogP contribution in [-0.2, 0) is 40.8 Å².